The number of nitrogens with zero attached hydrogens (tertiary/aromatic N) is 2. The number of esters is 1. The van der Waals surface area contributed by atoms with Crippen molar-refractivity contribution in [1.29, 1.82) is 0 Å². The molecule has 2 atom stereocenters. The molecule has 2 heterocycles. The van der Waals surface area contributed by atoms with Gasteiger partial charge < -0.3 is 4.74 Å². The Bertz CT molecular complexity index is 1380. The predicted octanol–water partition coefficient (Wildman–Crippen LogP) is 3.61. The molecule has 196 valence electrons. The smallest absolute Gasteiger partial charge is 0.334 e. The largest absolute Gasteiger partial charge is 0.457 e. The van der Waals surface area contributed by atoms with Crippen molar-refractivity contribution in [3.05, 3.63) is 45.9 Å². The molecule has 2 unspecified atom stereocenters. The molecule has 1 fully saturated rings. The van der Waals surface area contributed by atoms with Crippen molar-refractivity contribution in [3.63, 3.8) is 0 Å². The second-order valence-corrected chi connectivity index (χ2v) is 11.8. The molecule has 2 aliphatic rings. The summed E-state index contributed by atoms with van der Waals surface area (Å²) in [7, 11) is 1.67. The van der Waals surface area contributed by atoms with Crippen molar-refractivity contribution < 1.29 is 19.1 Å². The standard InChI is InChI=1S/C28H33N3O5S/c1-28(2,3)36-26(34)19-8-5-9-20(12-11-19)37-16-6-7-18-10-13-21-23(17-18)30(4)27(35)31(21)22-14-15-24(32)29-25(22)33/h8,10,13,17,20,22H,5,9,11-12,14-16H2,1-4H3,(H,29,32,33). The fourth-order valence-electron chi connectivity index (χ4n) is 4.67. The second kappa shape index (κ2) is 11.0. The van der Waals surface area contributed by atoms with Crippen LogP contribution in [0.5, 0.6) is 0 Å². The highest BCUT2D eigenvalue weighted by molar-refractivity contribution is 8.00. The van der Waals surface area contributed by atoms with Gasteiger partial charge in [0.1, 0.15) is 11.6 Å². The molecule has 1 N–H and O–H groups in total. The number of imidazole rings is 1. The van der Waals surface area contributed by atoms with Crippen LogP contribution in [0.25, 0.3) is 11.0 Å². The fraction of sp³-hybridized carbons (Fsp3) is 0.500. The maximum absolute atomic E-state index is 12.9. The average Bonchev–Trinajstić information content (AvgIpc) is 2.97. The fourth-order valence-corrected chi connectivity index (χ4v) is 5.65. The molecule has 1 saturated heterocycles. The third-order valence-corrected chi connectivity index (χ3v) is 7.76. The Morgan fingerprint density at radius 3 is 2.65 bits per heavy atom. The van der Waals surface area contributed by atoms with E-state index in [9.17, 15) is 19.2 Å². The molecule has 1 aromatic carbocycles. The number of aromatic nitrogens is 2. The number of hydrogen-bond donors (Lipinski definition) is 1. The third kappa shape index (κ3) is 6.37. The lowest BCUT2D eigenvalue weighted by atomic mass is 10.1. The maximum atomic E-state index is 12.9. The number of aryl methyl sites for hydroxylation is 1. The molecule has 8 nitrogen and oxygen atoms in total. The Labute approximate surface area is 220 Å². The molecule has 1 aliphatic heterocycles. The van der Waals surface area contributed by atoms with Crippen LogP contribution in [-0.4, -0.2) is 43.5 Å². The molecule has 1 aliphatic carbocycles. The van der Waals surface area contributed by atoms with Gasteiger partial charge in [-0.2, -0.15) is 0 Å². The van der Waals surface area contributed by atoms with Crippen LogP contribution in [0.2, 0.25) is 0 Å². The van der Waals surface area contributed by atoms with Gasteiger partial charge in [0.05, 0.1) is 16.8 Å². The maximum Gasteiger partial charge on any atom is 0.334 e. The zero-order valence-corrected chi connectivity index (χ0v) is 22.6. The van der Waals surface area contributed by atoms with Crippen LogP contribution in [-0.2, 0) is 26.2 Å². The number of piperidine rings is 1. The molecular weight excluding hydrogens is 490 g/mol. The van der Waals surface area contributed by atoms with Gasteiger partial charge in [0.2, 0.25) is 11.8 Å². The summed E-state index contributed by atoms with van der Waals surface area (Å²) in [6, 6.07) is 4.82. The van der Waals surface area contributed by atoms with E-state index in [-0.39, 0.29) is 24.0 Å². The van der Waals surface area contributed by atoms with E-state index in [1.165, 1.54) is 9.13 Å². The molecule has 9 heteroatoms. The van der Waals surface area contributed by atoms with E-state index < -0.39 is 17.6 Å². The number of fused-ring (bicyclic) bond motifs is 1. The average molecular weight is 524 g/mol. The molecule has 0 saturated carbocycles. The number of rotatable bonds is 4. The Morgan fingerprint density at radius 1 is 1.14 bits per heavy atom. The zero-order valence-electron chi connectivity index (χ0n) is 21.8. The van der Waals surface area contributed by atoms with Crippen LogP contribution in [0.4, 0.5) is 0 Å². The molecule has 0 bridgehead atoms. The zero-order chi connectivity index (χ0) is 26.7. The van der Waals surface area contributed by atoms with Gasteiger partial charge in [-0.15, -0.1) is 11.8 Å². The number of thioether (sulfide) groups is 1. The normalized spacial score (nSPS) is 20.5. The number of imide groups is 1. The first-order valence-corrected chi connectivity index (χ1v) is 13.7. The minimum atomic E-state index is -0.702. The molecule has 1 aromatic heterocycles. The van der Waals surface area contributed by atoms with E-state index in [0.29, 0.717) is 28.5 Å². The lowest BCUT2D eigenvalue weighted by Crippen LogP contribution is -2.44. The minimum Gasteiger partial charge on any atom is -0.457 e. The van der Waals surface area contributed by atoms with E-state index in [2.05, 4.69) is 17.2 Å². The van der Waals surface area contributed by atoms with Crippen molar-refractivity contribution in [1.82, 2.24) is 14.5 Å². The van der Waals surface area contributed by atoms with Crippen LogP contribution in [0.1, 0.15) is 70.9 Å². The predicted molar refractivity (Wildman–Crippen MR) is 144 cm³/mol. The van der Waals surface area contributed by atoms with Gasteiger partial charge in [0.15, 0.2) is 0 Å². The highest BCUT2D eigenvalue weighted by Crippen LogP contribution is 2.28. The molecule has 37 heavy (non-hydrogen) atoms. The number of carbonyl (C=O) groups is 3. The van der Waals surface area contributed by atoms with Crippen molar-refractivity contribution in [2.75, 3.05) is 5.75 Å². The van der Waals surface area contributed by atoms with E-state index in [0.717, 1.165) is 36.8 Å². The van der Waals surface area contributed by atoms with Gasteiger partial charge >= 0.3 is 11.7 Å². The van der Waals surface area contributed by atoms with Crippen molar-refractivity contribution in [3.8, 4) is 11.8 Å². The van der Waals surface area contributed by atoms with E-state index in [4.69, 9.17) is 4.74 Å². The summed E-state index contributed by atoms with van der Waals surface area (Å²) >= 11 is 1.80. The van der Waals surface area contributed by atoms with Gasteiger partial charge in [-0.3, -0.25) is 24.0 Å². The topological polar surface area (TPSA) is 99.4 Å². The van der Waals surface area contributed by atoms with Gasteiger partial charge in [-0.1, -0.05) is 17.9 Å². The molecule has 4 rings (SSSR count). The van der Waals surface area contributed by atoms with E-state index in [1.807, 2.05) is 45.0 Å². The van der Waals surface area contributed by atoms with Crippen LogP contribution < -0.4 is 11.0 Å². The van der Waals surface area contributed by atoms with Gasteiger partial charge in [0.25, 0.3) is 0 Å². The van der Waals surface area contributed by atoms with Crippen LogP contribution in [0.3, 0.4) is 0 Å². The van der Waals surface area contributed by atoms with Gasteiger partial charge in [0, 0.05) is 29.9 Å². The number of allylic oxidation sites excluding steroid dienone is 1. The van der Waals surface area contributed by atoms with Crippen LogP contribution in [0, 0.1) is 11.8 Å². The van der Waals surface area contributed by atoms with Crippen molar-refractivity contribution in [2.24, 2.45) is 7.05 Å². The van der Waals surface area contributed by atoms with E-state index >= 15 is 0 Å². The molecule has 2 amide bonds. The second-order valence-electron chi connectivity index (χ2n) is 10.5. The van der Waals surface area contributed by atoms with E-state index in [1.54, 1.807) is 18.8 Å². The molecule has 2 aromatic rings. The lowest BCUT2D eigenvalue weighted by molar-refractivity contribution is -0.150. The Morgan fingerprint density at radius 2 is 1.92 bits per heavy atom. The van der Waals surface area contributed by atoms with Crippen molar-refractivity contribution in [2.45, 2.75) is 76.2 Å². The molecule has 0 spiro atoms. The monoisotopic (exact) mass is 523 g/mol. The summed E-state index contributed by atoms with van der Waals surface area (Å²) in [6.45, 7) is 5.64. The number of ether oxygens (including phenoxy) is 1. The van der Waals surface area contributed by atoms with Gasteiger partial charge in [-0.25, -0.2) is 9.59 Å². The highest BCUT2D eigenvalue weighted by atomic mass is 32.2. The quantitative estimate of drug-likeness (QED) is 0.373. The first-order chi connectivity index (χ1) is 17.5. The first kappa shape index (κ1) is 26.8. The lowest BCUT2D eigenvalue weighted by Gasteiger charge is -2.21. The Balaban J connectivity index is 1.38. The summed E-state index contributed by atoms with van der Waals surface area (Å²) < 4.78 is 8.50. The SMILES string of the molecule is Cn1c(=O)n(C2CCC(=O)NC2=O)c2ccc(C#CCSC3CCC=C(C(=O)OC(C)(C)C)CC3)cc21. The minimum absolute atomic E-state index is 0.208. The number of carbonyl (C=O) groups excluding carboxylic acids is 3. The first-order valence-electron chi connectivity index (χ1n) is 12.6. The summed E-state index contributed by atoms with van der Waals surface area (Å²) in [5.74, 6) is 6.11. The van der Waals surface area contributed by atoms with Crippen molar-refractivity contribution >= 4 is 40.6 Å². The Kier molecular flexibility index (Phi) is 7.98. The summed E-state index contributed by atoms with van der Waals surface area (Å²) in [5.41, 5.74) is 2.12. The van der Waals surface area contributed by atoms with Crippen LogP contribution in [0.15, 0.2) is 34.6 Å². The third-order valence-electron chi connectivity index (χ3n) is 6.51. The number of benzene rings is 1. The highest BCUT2D eigenvalue weighted by Gasteiger charge is 2.31. The molecule has 0 radical (unpaired) electrons. The molecular formula is C28H33N3O5S. The number of nitrogens with one attached hydrogen (secondary N) is 1. The Hall–Kier alpha value is -3.25. The van der Waals surface area contributed by atoms with Crippen LogP contribution >= 0.6 is 11.8 Å². The number of hydrogen-bond acceptors (Lipinski definition) is 6. The van der Waals surface area contributed by atoms with Gasteiger partial charge in [-0.05, 0) is 71.1 Å². The number of amides is 2. The summed E-state index contributed by atoms with van der Waals surface area (Å²) in [5, 5.41) is 2.75. The summed E-state index contributed by atoms with van der Waals surface area (Å²) in [4.78, 5) is 49.2. The summed E-state index contributed by atoms with van der Waals surface area (Å²) in [6.07, 6.45) is 6.02.